The summed E-state index contributed by atoms with van der Waals surface area (Å²) in [4.78, 5) is 0. The van der Waals surface area contributed by atoms with Crippen molar-refractivity contribution in [1.82, 2.24) is 0 Å². The molecule has 1 fully saturated rings. The van der Waals surface area contributed by atoms with Crippen LogP contribution in [0.4, 0.5) is 0 Å². The van der Waals surface area contributed by atoms with Gasteiger partial charge in [-0.2, -0.15) is 0 Å². The zero-order chi connectivity index (χ0) is 7.78. The van der Waals surface area contributed by atoms with Crippen molar-refractivity contribution in [3.63, 3.8) is 0 Å². The van der Waals surface area contributed by atoms with E-state index in [0.29, 0.717) is 18.8 Å². The third-order valence-electron chi connectivity index (χ3n) is 2.05. The summed E-state index contributed by atoms with van der Waals surface area (Å²) in [6.45, 7) is 1.98. The fraction of sp³-hybridized carbons (Fsp3) is 1.00. The molecule has 0 aromatic heterocycles. The predicted octanol–water partition coefficient (Wildman–Crippen LogP) is -2.28. The quantitative estimate of drug-likeness (QED) is 0.329. The molecule has 3 nitrogen and oxygen atoms in total. The van der Waals surface area contributed by atoms with Crippen LogP contribution >= 0.6 is 0 Å². The van der Waals surface area contributed by atoms with Crippen LogP contribution in [0.2, 0.25) is 0 Å². The molecule has 11 heavy (non-hydrogen) atoms. The van der Waals surface area contributed by atoms with Gasteiger partial charge in [0.05, 0.1) is 10.1 Å². The molecule has 2 atom stereocenters. The Bertz CT molecular complexity index is 212. The monoisotopic (exact) mass is 170 g/mol. The standard InChI is InChI=1S/C6H12O3S.Li/c1-5-2-3-6(4-5)10(7,8)9;/h5-6H,2-4H2,1H3,(H,7,8,9);/q;+1/p-1. The van der Waals surface area contributed by atoms with E-state index >= 15 is 0 Å². The Hall–Kier alpha value is 0.507. The molecular formula is C6H11LiO3S. The summed E-state index contributed by atoms with van der Waals surface area (Å²) in [5.41, 5.74) is 0. The SMILES string of the molecule is CC1CCC(S(=O)(=O)[O-])C1.[Li+]. The normalized spacial score (nSPS) is 31.5. The van der Waals surface area contributed by atoms with Gasteiger partial charge >= 0.3 is 18.9 Å². The van der Waals surface area contributed by atoms with Crippen molar-refractivity contribution in [3.05, 3.63) is 0 Å². The summed E-state index contributed by atoms with van der Waals surface area (Å²) in [6.07, 6.45) is 2.00. The molecule has 5 heteroatoms. The molecule has 0 aromatic carbocycles. The summed E-state index contributed by atoms with van der Waals surface area (Å²) < 4.78 is 31.3. The van der Waals surface area contributed by atoms with Gasteiger partial charge in [-0.15, -0.1) is 0 Å². The van der Waals surface area contributed by atoms with Gasteiger partial charge in [-0.05, 0) is 25.2 Å². The van der Waals surface area contributed by atoms with E-state index in [9.17, 15) is 13.0 Å². The van der Waals surface area contributed by atoms with Crippen molar-refractivity contribution in [1.29, 1.82) is 0 Å². The third kappa shape index (κ3) is 3.16. The van der Waals surface area contributed by atoms with E-state index in [2.05, 4.69) is 0 Å². The Kier molecular flexibility index (Phi) is 4.13. The van der Waals surface area contributed by atoms with Gasteiger partial charge in [-0.1, -0.05) is 6.92 Å². The van der Waals surface area contributed by atoms with Gasteiger partial charge in [0.2, 0.25) is 0 Å². The molecule has 0 N–H and O–H groups in total. The molecule has 0 heterocycles. The van der Waals surface area contributed by atoms with Gasteiger partial charge in [0.1, 0.15) is 0 Å². The molecular weight excluding hydrogens is 159 g/mol. The first-order chi connectivity index (χ1) is 4.50. The minimum atomic E-state index is -3.99. The Balaban J connectivity index is 0.000001000. The van der Waals surface area contributed by atoms with E-state index in [4.69, 9.17) is 0 Å². The van der Waals surface area contributed by atoms with Crippen molar-refractivity contribution in [2.45, 2.75) is 31.4 Å². The molecule has 0 aromatic rings. The van der Waals surface area contributed by atoms with E-state index in [1.54, 1.807) is 0 Å². The largest absolute Gasteiger partial charge is 1.00 e. The molecule has 1 aliphatic rings. The predicted molar refractivity (Wildman–Crippen MR) is 36.5 cm³/mol. The molecule has 60 valence electrons. The van der Waals surface area contributed by atoms with Crippen LogP contribution in [-0.4, -0.2) is 18.2 Å². The maximum absolute atomic E-state index is 10.4. The molecule has 1 aliphatic carbocycles. The fourth-order valence-corrected chi connectivity index (χ4v) is 2.41. The van der Waals surface area contributed by atoms with Crippen molar-refractivity contribution in [2.24, 2.45) is 5.92 Å². The second-order valence-electron chi connectivity index (χ2n) is 3.03. The summed E-state index contributed by atoms with van der Waals surface area (Å²) >= 11 is 0. The zero-order valence-corrected chi connectivity index (χ0v) is 7.73. The molecule has 0 bridgehead atoms. The first kappa shape index (κ1) is 11.5. The van der Waals surface area contributed by atoms with Crippen LogP contribution in [0, 0.1) is 5.92 Å². The van der Waals surface area contributed by atoms with Crippen molar-refractivity contribution < 1.29 is 31.8 Å². The van der Waals surface area contributed by atoms with Crippen LogP contribution in [0.1, 0.15) is 26.2 Å². The summed E-state index contributed by atoms with van der Waals surface area (Å²) in [5, 5.41) is -0.595. The van der Waals surface area contributed by atoms with E-state index in [-0.39, 0.29) is 18.9 Å². The van der Waals surface area contributed by atoms with E-state index < -0.39 is 15.4 Å². The summed E-state index contributed by atoms with van der Waals surface area (Å²) in [7, 11) is -3.99. The van der Waals surface area contributed by atoms with Gasteiger partial charge in [0.25, 0.3) is 0 Å². The first-order valence-electron chi connectivity index (χ1n) is 3.45. The minimum absolute atomic E-state index is 0. The van der Waals surface area contributed by atoms with Gasteiger partial charge < -0.3 is 4.55 Å². The van der Waals surface area contributed by atoms with Crippen LogP contribution in [0.5, 0.6) is 0 Å². The van der Waals surface area contributed by atoms with E-state index in [1.807, 2.05) is 6.92 Å². The van der Waals surface area contributed by atoms with Gasteiger partial charge in [-0.25, -0.2) is 8.42 Å². The van der Waals surface area contributed by atoms with Crippen molar-refractivity contribution >= 4 is 10.1 Å². The van der Waals surface area contributed by atoms with Crippen LogP contribution < -0.4 is 18.9 Å². The molecule has 0 spiro atoms. The molecule has 1 rings (SSSR count). The van der Waals surface area contributed by atoms with Crippen LogP contribution in [0.25, 0.3) is 0 Å². The third-order valence-corrected chi connectivity index (χ3v) is 3.30. The van der Waals surface area contributed by atoms with Crippen LogP contribution in [0.3, 0.4) is 0 Å². The summed E-state index contributed by atoms with van der Waals surface area (Å²) in [6, 6.07) is 0. The first-order valence-corrected chi connectivity index (χ1v) is 4.92. The zero-order valence-electron chi connectivity index (χ0n) is 6.91. The van der Waals surface area contributed by atoms with E-state index in [1.165, 1.54) is 0 Å². The van der Waals surface area contributed by atoms with Crippen LogP contribution in [-0.2, 0) is 10.1 Å². The molecule has 2 unspecified atom stereocenters. The average molecular weight is 170 g/mol. The van der Waals surface area contributed by atoms with E-state index in [0.717, 1.165) is 6.42 Å². The average Bonchev–Trinajstić information content (AvgIpc) is 2.11. The van der Waals surface area contributed by atoms with Crippen molar-refractivity contribution in [3.8, 4) is 0 Å². The van der Waals surface area contributed by atoms with Gasteiger partial charge in [0, 0.05) is 5.25 Å². The number of rotatable bonds is 1. The molecule has 0 saturated heterocycles. The van der Waals surface area contributed by atoms with Crippen LogP contribution in [0.15, 0.2) is 0 Å². The van der Waals surface area contributed by atoms with Gasteiger partial charge in [0.15, 0.2) is 0 Å². The summed E-state index contributed by atoms with van der Waals surface area (Å²) in [5.74, 6) is 0.411. The van der Waals surface area contributed by atoms with Gasteiger partial charge in [-0.3, -0.25) is 0 Å². The minimum Gasteiger partial charge on any atom is -0.748 e. The Morgan fingerprint density at radius 3 is 2.09 bits per heavy atom. The fourth-order valence-electron chi connectivity index (χ4n) is 1.42. The molecule has 0 radical (unpaired) electrons. The van der Waals surface area contributed by atoms with Crippen molar-refractivity contribution in [2.75, 3.05) is 0 Å². The smallest absolute Gasteiger partial charge is 0.748 e. The molecule has 0 amide bonds. The maximum Gasteiger partial charge on any atom is 1.00 e. The Labute approximate surface area is 79.5 Å². The maximum atomic E-state index is 10.4. The Morgan fingerprint density at radius 2 is 1.91 bits per heavy atom. The Morgan fingerprint density at radius 1 is 1.36 bits per heavy atom. The molecule has 0 aliphatic heterocycles. The number of hydrogen-bond acceptors (Lipinski definition) is 3. The number of hydrogen-bond donors (Lipinski definition) is 0. The second kappa shape index (κ2) is 3.95. The molecule has 1 saturated carbocycles. The topological polar surface area (TPSA) is 57.2 Å². The second-order valence-corrected chi connectivity index (χ2v) is 4.69.